The zero-order chi connectivity index (χ0) is 15.7. The lowest BCUT2D eigenvalue weighted by Gasteiger charge is -2.22. The molecule has 21 heavy (non-hydrogen) atoms. The van der Waals surface area contributed by atoms with E-state index in [1.165, 1.54) is 0 Å². The van der Waals surface area contributed by atoms with E-state index < -0.39 is 0 Å². The number of nitrogens with zero attached hydrogens (tertiary/aromatic N) is 2. The first-order chi connectivity index (χ1) is 10.1. The second-order valence-electron chi connectivity index (χ2n) is 5.01. The number of nitrogens with one attached hydrogen (secondary N) is 1. The fourth-order valence-corrected chi connectivity index (χ4v) is 2.11. The van der Waals surface area contributed by atoms with Gasteiger partial charge in [0.25, 0.3) is 0 Å². The highest BCUT2D eigenvalue weighted by molar-refractivity contribution is 5.93. The monoisotopic (exact) mass is 293 g/mol. The van der Waals surface area contributed by atoms with Crippen LogP contribution in [0.1, 0.15) is 13.8 Å². The number of ether oxygens (including phenoxy) is 1. The van der Waals surface area contributed by atoms with Gasteiger partial charge in [0.2, 0.25) is 5.91 Å². The van der Waals surface area contributed by atoms with Gasteiger partial charge in [0, 0.05) is 13.1 Å². The number of rotatable bonds is 9. The minimum Gasteiger partial charge on any atom is -0.495 e. The molecule has 0 aromatic heterocycles. The van der Waals surface area contributed by atoms with Crippen LogP contribution in [0.2, 0.25) is 0 Å². The summed E-state index contributed by atoms with van der Waals surface area (Å²) < 4.78 is 5.22. The van der Waals surface area contributed by atoms with E-state index in [-0.39, 0.29) is 5.91 Å². The third-order valence-corrected chi connectivity index (χ3v) is 3.49. The quantitative estimate of drug-likeness (QED) is 0.755. The van der Waals surface area contributed by atoms with Crippen LogP contribution in [0, 0.1) is 0 Å². The maximum atomic E-state index is 12.1. The molecule has 0 aliphatic heterocycles. The second-order valence-corrected chi connectivity index (χ2v) is 5.01. The Morgan fingerprint density at radius 2 is 1.86 bits per heavy atom. The van der Waals surface area contributed by atoms with Crippen LogP contribution in [0.3, 0.4) is 0 Å². The lowest BCUT2D eigenvalue weighted by Crippen LogP contribution is -2.37. The molecule has 1 aromatic rings. The number of methoxy groups -OCH3 is 1. The lowest BCUT2D eigenvalue weighted by molar-refractivity contribution is -0.117. The fourth-order valence-electron chi connectivity index (χ4n) is 2.11. The Bertz CT molecular complexity index is 433. The Morgan fingerprint density at radius 3 is 2.48 bits per heavy atom. The van der Waals surface area contributed by atoms with Crippen LogP contribution in [-0.4, -0.2) is 62.6 Å². The minimum absolute atomic E-state index is 0.0263. The molecule has 0 saturated heterocycles. The molecule has 1 amide bonds. The van der Waals surface area contributed by atoms with Crippen LogP contribution in [0.25, 0.3) is 0 Å². The normalized spacial score (nSPS) is 11.0. The highest BCUT2D eigenvalue weighted by Crippen LogP contribution is 2.22. The fraction of sp³-hybridized carbons (Fsp3) is 0.562. The Kier molecular flexibility index (Phi) is 7.79. The number of carbonyl (C=O) groups excluding carboxylic acids is 1. The molecular formula is C16H27N3O2. The smallest absolute Gasteiger partial charge is 0.238 e. The SMILES string of the molecule is CCN(CC)CCN(C)CC(=O)Nc1ccccc1OC. The highest BCUT2D eigenvalue weighted by atomic mass is 16.5. The average Bonchev–Trinajstić information content (AvgIpc) is 2.48. The number of hydrogen-bond acceptors (Lipinski definition) is 4. The van der Waals surface area contributed by atoms with Crippen molar-refractivity contribution in [2.45, 2.75) is 13.8 Å². The summed E-state index contributed by atoms with van der Waals surface area (Å²) in [6.45, 7) is 8.61. The zero-order valence-electron chi connectivity index (χ0n) is 13.6. The van der Waals surface area contributed by atoms with Gasteiger partial charge in [-0.15, -0.1) is 0 Å². The van der Waals surface area contributed by atoms with Gasteiger partial charge in [0.15, 0.2) is 0 Å². The van der Waals surface area contributed by atoms with Crippen LogP contribution in [0.5, 0.6) is 5.75 Å². The van der Waals surface area contributed by atoms with Crippen molar-refractivity contribution in [2.75, 3.05) is 52.2 Å². The van der Waals surface area contributed by atoms with Crippen molar-refractivity contribution < 1.29 is 9.53 Å². The molecule has 118 valence electrons. The van der Waals surface area contributed by atoms with E-state index in [0.29, 0.717) is 18.0 Å². The van der Waals surface area contributed by atoms with Crippen LogP contribution < -0.4 is 10.1 Å². The van der Waals surface area contributed by atoms with E-state index in [1.807, 2.05) is 36.2 Å². The van der Waals surface area contributed by atoms with Gasteiger partial charge in [-0.05, 0) is 32.3 Å². The number of benzene rings is 1. The summed E-state index contributed by atoms with van der Waals surface area (Å²) in [7, 11) is 3.56. The van der Waals surface area contributed by atoms with Gasteiger partial charge in [0.05, 0.1) is 19.3 Å². The number of amides is 1. The predicted octanol–water partition coefficient (Wildman–Crippen LogP) is 1.91. The van der Waals surface area contributed by atoms with E-state index in [4.69, 9.17) is 4.74 Å². The molecule has 5 nitrogen and oxygen atoms in total. The van der Waals surface area contributed by atoms with Crippen molar-refractivity contribution in [3.05, 3.63) is 24.3 Å². The molecule has 0 fully saturated rings. The molecule has 1 N–H and O–H groups in total. The van der Waals surface area contributed by atoms with Crippen molar-refractivity contribution >= 4 is 11.6 Å². The van der Waals surface area contributed by atoms with Gasteiger partial charge in [-0.25, -0.2) is 0 Å². The standard InChI is InChI=1S/C16H27N3O2/c1-5-19(6-2)12-11-18(3)13-16(20)17-14-9-7-8-10-15(14)21-4/h7-10H,5-6,11-13H2,1-4H3,(H,17,20). The first-order valence-corrected chi connectivity index (χ1v) is 7.44. The summed E-state index contributed by atoms with van der Waals surface area (Å²) in [5, 5.41) is 2.89. The van der Waals surface area contributed by atoms with E-state index >= 15 is 0 Å². The van der Waals surface area contributed by atoms with Crippen molar-refractivity contribution in [1.29, 1.82) is 0 Å². The number of anilines is 1. The summed E-state index contributed by atoms with van der Waals surface area (Å²) in [4.78, 5) is 16.4. The Morgan fingerprint density at radius 1 is 1.19 bits per heavy atom. The van der Waals surface area contributed by atoms with Crippen molar-refractivity contribution in [3.63, 3.8) is 0 Å². The van der Waals surface area contributed by atoms with Crippen LogP contribution in [0.15, 0.2) is 24.3 Å². The molecule has 0 bridgehead atoms. The molecule has 0 aliphatic rings. The summed E-state index contributed by atoms with van der Waals surface area (Å²) in [6.07, 6.45) is 0. The topological polar surface area (TPSA) is 44.8 Å². The van der Waals surface area contributed by atoms with E-state index in [1.54, 1.807) is 7.11 Å². The molecule has 1 rings (SSSR count). The third-order valence-electron chi connectivity index (χ3n) is 3.49. The maximum Gasteiger partial charge on any atom is 0.238 e. The average molecular weight is 293 g/mol. The van der Waals surface area contributed by atoms with Crippen molar-refractivity contribution in [2.24, 2.45) is 0 Å². The Balaban J connectivity index is 2.42. The molecule has 5 heteroatoms. The Hall–Kier alpha value is -1.59. The zero-order valence-corrected chi connectivity index (χ0v) is 13.6. The molecule has 0 heterocycles. The molecule has 0 unspecified atom stereocenters. The molecular weight excluding hydrogens is 266 g/mol. The van der Waals surface area contributed by atoms with E-state index in [2.05, 4.69) is 24.1 Å². The van der Waals surface area contributed by atoms with Crippen molar-refractivity contribution in [1.82, 2.24) is 9.80 Å². The summed E-state index contributed by atoms with van der Waals surface area (Å²) >= 11 is 0. The van der Waals surface area contributed by atoms with E-state index in [0.717, 1.165) is 26.2 Å². The summed E-state index contributed by atoms with van der Waals surface area (Å²) in [5.74, 6) is 0.651. The highest BCUT2D eigenvalue weighted by Gasteiger charge is 2.10. The second kappa shape index (κ2) is 9.37. The summed E-state index contributed by atoms with van der Waals surface area (Å²) in [6, 6.07) is 7.43. The largest absolute Gasteiger partial charge is 0.495 e. The van der Waals surface area contributed by atoms with Crippen LogP contribution in [0.4, 0.5) is 5.69 Å². The van der Waals surface area contributed by atoms with Gasteiger partial charge >= 0.3 is 0 Å². The van der Waals surface area contributed by atoms with Crippen LogP contribution in [-0.2, 0) is 4.79 Å². The van der Waals surface area contributed by atoms with Gasteiger partial charge < -0.3 is 15.0 Å². The lowest BCUT2D eigenvalue weighted by atomic mass is 10.3. The number of para-hydroxylation sites is 2. The molecule has 0 saturated carbocycles. The third kappa shape index (κ3) is 6.14. The molecule has 0 radical (unpaired) electrons. The van der Waals surface area contributed by atoms with Crippen molar-refractivity contribution in [3.8, 4) is 5.75 Å². The van der Waals surface area contributed by atoms with Gasteiger partial charge in [0.1, 0.15) is 5.75 Å². The summed E-state index contributed by atoms with van der Waals surface area (Å²) in [5.41, 5.74) is 0.710. The minimum atomic E-state index is -0.0263. The predicted molar refractivity (Wildman–Crippen MR) is 86.9 cm³/mol. The molecule has 0 aliphatic carbocycles. The number of hydrogen-bond donors (Lipinski definition) is 1. The first-order valence-electron chi connectivity index (χ1n) is 7.44. The molecule has 1 aromatic carbocycles. The van der Waals surface area contributed by atoms with Gasteiger partial charge in [-0.1, -0.05) is 26.0 Å². The van der Waals surface area contributed by atoms with Gasteiger partial charge in [-0.3, -0.25) is 9.69 Å². The Labute approximate surface area is 127 Å². The van der Waals surface area contributed by atoms with Crippen LogP contribution >= 0.6 is 0 Å². The van der Waals surface area contributed by atoms with E-state index in [9.17, 15) is 4.79 Å². The molecule has 0 spiro atoms. The van der Waals surface area contributed by atoms with Gasteiger partial charge in [-0.2, -0.15) is 0 Å². The first kappa shape index (κ1) is 17.5. The molecule has 0 atom stereocenters. The number of carbonyl (C=O) groups is 1. The number of likely N-dealkylation sites (N-methyl/N-ethyl adjacent to an activating group) is 2. The maximum absolute atomic E-state index is 12.1.